The lowest BCUT2D eigenvalue weighted by Gasteiger charge is -2.05. The van der Waals surface area contributed by atoms with Crippen LogP contribution >= 0.6 is 0 Å². The molecule has 0 heterocycles. The van der Waals surface area contributed by atoms with Gasteiger partial charge in [-0.2, -0.15) is 0 Å². The van der Waals surface area contributed by atoms with E-state index in [9.17, 15) is 14.4 Å². The topological polar surface area (TPSA) is 72.5 Å². The molecule has 1 N–H and O–H groups in total. The number of carbonyl (C=O) groups excluding carboxylic acids is 3. The normalized spacial score (nSPS) is 9.67. The van der Waals surface area contributed by atoms with Crippen molar-refractivity contribution in [1.29, 1.82) is 0 Å². The van der Waals surface area contributed by atoms with Crippen LogP contribution in [0.2, 0.25) is 0 Å². The van der Waals surface area contributed by atoms with Crippen molar-refractivity contribution in [2.45, 2.75) is 20.3 Å². The minimum Gasteiger partial charge on any atom is -0.457 e. The van der Waals surface area contributed by atoms with Gasteiger partial charge in [0, 0.05) is 24.6 Å². The van der Waals surface area contributed by atoms with Gasteiger partial charge in [-0.15, -0.1) is 0 Å². The van der Waals surface area contributed by atoms with E-state index in [1.54, 1.807) is 31.2 Å². The molecule has 0 radical (unpaired) electrons. The standard InChI is InChI=1S/C13H15NO4/c1-3-13(17)18-8-12(16)10-4-6-11(7-5-10)14-9(2)15/h4-7H,3,8H2,1-2H3,(H,14,15). The van der Waals surface area contributed by atoms with E-state index in [0.717, 1.165) is 0 Å². The highest BCUT2D eigenvalue weighted by atomic mass is 16.5. The minimum atomic E-state index is -0.404. The Kier molecular flexibility index (Phi) is 5.05. The van der Waals surface area contributed by atoms with Crippen LogP contribution < -0.4 is 5.32 Å². The first-order valence-corrected chi connectivity index (χ1v) is 5.59. The molecule has 0 fully saturated rings. The summed E-state index contributed by atoms with van der Waals surface area (Å²) in [6.45, 7) is 2.81. The van der Waals surface area contributed by atoms with Crippen molar-refractivity contribution in [2.24, 2.45) is 0 Å². The molecule has 18 heavy (non-hydrogen) atoms. The number of rotatable bonds is 5. The highest BCUT2D eigenvalue weighted by Crippen LogP contribution is 2.10. The Morgan fingerprint density at radius 2 is 1.78 bits per heavy atom. The zero-order valence-corrected chi connectivity index (χ0v) is 10.4. The molecular formula is C13H15NO4. The first kappa shape index (κ1) is 13.9. The fraction of sp³-hybridized carbons (Fsp3) is 0.308. The molecule has 0 aliphatic heterocycles. The van der Waals surface area contributed by atoms with E-state index in [1.165, 1.54) is 6.92 Å². The molecule has 0 saturated heterocycles. The van der Waals surface area contributed by atoms with Crippen molar-refractivity contribution in [3.05, 3.63) is 29.8 Å². The number of carbonyl (C=O) groups is 3. The van der Waals surface area contributed by atoms with Crippen LogP contribution in [0.15, 0.2) is 24.3 Å². The molecule has 96 valence electrons. The Labute approximate surface area is 105 Å². The Bertz CT molecular complexity index is 451. The summed E-state index contributed by atoms with van der Waals surface area (Å²) < 4.78 is 4.74. The average Bonchev–Trinajstić information content (AvgIpc) is 2.35. The second kappa shape index (κ2) is 6.54. The van der Waals surface area contributed by atoms with Crippen LogP contribution in [0, 0.1) is 0 Å². The second-order valence-corrected chi connectivity index (χ2v) is 3.70. The third-order valence-electron chi connectivity index (χ3n) is 2.18. The first-order valence-electron chi connectivity index (χ1n) is 5.59. The largest absolute Gasteiger partial charge is 0.457 e. The van der Waals surface area contributed by atoms with E-state index in [4.69, 9.17) is 4.74 Å². The van der Waals surface area contributed by atoms with Gasteiger partial charge in [-0.1, -0.05) is 6.92 Å². The van der Waals surface area contributed by atoms with Gasteiger partial charge in [0.1, 0.15) is 0 Å². The van der Waals surface area contributed by atoms with Crippen molar-refractivity contribution in [1.82, 2.24) is 0 Å². The lowest BCUT2D eigenvalue weighted by molar-refractivity contribution is -0.142. The highest BCUT2D eigenvalue weighted by Gasteiger charge is 2.08. The number of amides is 1. The summed E-state index contributed by atoms with van der Waals surface area (Å²) in [4.78, 5) is 33.3. The van der Waals surface area contributed by atoms with Crippen molar-refractivity contribution >= 4 is 23.3 Å². The molecule has 0 unspecified atom stereocenters. The molecule has 0 saturated carbocycles. The van der Waals surface area contributed by atoms with Gasteiger partial charge in [0.15, 0.2) is 12.4 Å². The van der Waals surface area contributed by atoms with Crippen molar-refractivity contribution < 1.29 is 19.1 Å². The van der Waals surface area contributed by atoms with E-state index in [2.05, 4.69) is 5.32 Å². The van der Waals surface area contributed by atoms with Crippen molar-refractivity contribution in [3.63, 3.8) is 0 Å². The zero-order chi connectivity index (χ0) is 13.5. The van der Waals surface area contributed by atoms with E-state index in [-0.39, 0.29) is 24.7 Å². The molecule has 1 aromatic rings. The molecule has 0 spiro atoms. The molecule has 1 rings (SSSR count). The third kappa shape index (κ3) is 4.37. The summed E-state index contributed by atoms with van der Waals surface area (Å²) in [7, 11) is 0. The number of anilines is 1. The number of ether oxygens (including phenoxy) is 1. The van der Waals surface area contributed by atoms with Crippen LogP contribution in [0.25, 0.3) is 0 Å². The summed E-state index contributed by atoms with van der Waals surface area (Å²) in [5.74, 6) is -0.852. The molecule has 5 nitrogen and oxygen atoms in total. The van der Waals surface area contributed by atoms with Gasteiger partial charge in [0.05, 0.1) is 0 Å². The van der Waals surface area contributed by atoms with Gasteiger partial charge < -0.3 is 10.1 Å². The van der Waals surface area contributed by atoms with Gasteiger partial charge in [0.2, 0.25) is 5.91 Å². The number of hydrogen-bond donors (Lipinski definition) is 1. The highest BCUT2D eigenvalue weighted by molar-refractivity contribution is 5.98. The fourth-order valence-electron chi connectivity index (χ4n) is 1.27. The lowest BCUT2D eigenvalue weighted by atomic mass is 10.1. The van der Waals surface area contributed by atoms with Crippen LogP contribution in [-0.4, -0.2) is 24.3 Å². The van der Waals surface area contributed by atoms with Gasteiger partial charge in [0.25, 0.3) is 0 Å². The number of benzene rings is 1. The predicted octanol–water partition coefficient (Wildman–Crippen LogP) is 1.78. The molecule has 0 atom stereocenters. The Balaban J connectivity index is 2.59. The summed E-state index contributed by atoms with van der Waals surface area (Å²) in [5.41, 5.74) is 1.05. The molecule has 1 amide bonds. The lowest BCUT2D eigenvalue weighted by Crippen LogP contribution is -2.13. The number of ketones is 1. The third-order valence-corrected chi connectivity index (χ3v) is 2.18. The SMILES string of the molecule is CCC(=O)OCC(=O)c1ccc(NC(C)=O)cc1. The van der Waals surface area contributed by atoms with Crippen LogP contribution in [0.4, 0.5) is 5.69 Å². The van der Waals surface area contributed by atoms with Crippen molar-refractivity contribution in [3.8, 4) is 0 Å². The maximum Gasteiger partial charge on any atom is 0.305 e. The minimum absolute atomic E-state index is 0.175. The number of nitrogens with one attached hydrogen (secondary N) is 1. The van der Waals surface area contributed by atoms with E-state index < -0.39 is 5.97 Å². The second-order valence-electron chi connectivity index (χ2n) is 3.70. The molecular weight excluding hydrogens is 234 g/mol. The van der Waals surface area contributed by atoms with E-state index in [1.807, 2.05) is 0 Å². The van der Waals surface area contributed by atoms with Gasteiger partial charge in [-0.05, 0) is 24.3 Å². The number of hydrogen-bond acceptors (Lipinski definition) is 4. The van der Waals surface area contributed by atoms with E-state index in [0.29, 0.717) is 11.3 Å². The molecule has 0 bridgehead atoms. The quantitative estimate of drug-likeness (QED) is 0.637. The van der Waals surface area contributed by atoms with Gasteiger partial charge in [-0.25, -0.2) is 0 Å². The van der Waals surface area contributed by atoms with Crippen LogP contribution in [-0.2, 0) is 14.3 Å². The maximum absolute atomic E-state index is 11.6. The monoisotopic (exact) mass is 249 g/mol. The van der Waals surface area contributed by atoms with Crippen LogP contribution in [0.3, 0.4) is 0 Å². The predicted molar refractivity (Wildman–Crippen MR) is 66.3 cm³/mol. The van der Waals surface area contributed by atoms with Crippen LogP contribution in [0.1, 0.15) is 30.6 Å². The zero-order valence-electron chi connectivity index (χ0n) is 10.4. The Morgan fingerprint density at radius 3 is 2.28 bits per heavy atom. The average molecular weight is 249 g/mol. The number of esters is 1. The molecule has 0 aliphatic rings. The smallest absolute Gasteiger partial charge is 0.305 e. The van der Waals surface area contributed by atoms with Crippen molar-refractivity contribution in [2.75, 3.05) is 11.9 Å². The van der Waals surface area contributed by atoms with Gasteiger partial charge in [-0.3, -0.25) is 14.4 Å². The fourth-order valence-corrected chi connectivity index (χ4v) is 1.27. The van der Waals surface area contributed by atoms with Crippen LogP contribution in [0.5, 0.6) is 0 Å². The molecule has 0 aromatic heterocycles. The number of Topliss-reactive ketones (excluding diaryl/α,β-unsaturated/α-hetero) is 1. The summed E-state index contributed by atoms with van der Waals surface area (Å²) in [6, 6.07) is 6.40. The summed E-state index contributed by atoms with van der Waals surface area (Å²) in [5, 5.41) is 2.59. The summed E-state index contributed by atoms with van der Waals surface area (Å²) in [6.07, 6.45) is 0.245. The maximum atomic E-state index is 11.6. The first-order chi connectivity index (χ1) is 8.52. The molecule has 0 aliphatic carbocycles. The molecule has 1 aromatic carbocycles. The molecule has 5 heteroatoms. The summed E-state index contributed by atoms with van der Waals surface area (Å²) >= 11 is 0. The van der Waals surface area contributed by atoms with Gasteiger partial charge >= 0.3 is 5.97 Å². The Morgan fingerprint density at radius 1 is 1.17 bits per heavy atom. The Hall–Kier alpha value is -2.17. The van der Waals surface area contributed by atoms with E-state index >= 15 is 0 Å².